The third kappa shape index (κ3) is 4.32. The zero-order valence-electron chi connectivity index (χ0n) is 27.6. The van der Waals surface area contributed by atoms with Crippen molar-refractivity contribution in [2.24, 2.45) is 0 Å². The highest BCUT2D eigenvalue weighted by molar-refractivity contribution is 6.29. The summed E-state index contributed by atoms with van der Waals surface area (Å²) in [5.41, 5.74) is 12.2. The zero-order chi connectivity index (χ0) is 33.2. The first kappa shape index (κ1) is 28.5. The molecule has 0 radical (unpaired) electrons. The highest BCUT2D eigenvalue weighted by Gasteiger charge is 2.19. The Hall–Kier alpha value is -6.52. The van der Waals surface area contributed by atoms with Crippen LogP contribution in [0, 0.1) is 0 Å². The first-order chi connectivity index (χ1) is 24.8. The summed E-state index contributed by atoms with van der Waals surface area (Å²) in [6.45, 7) is 2.16. The molecule has 10 rings (SSSR count). The van der Waals surface area contributed by atoms with Gasteiger partial charge in [-0.25, -0.2) is 9.97 Å². The van der Waals surface area contributed by atoms with Gasteiger partial charge < -0.3 is 4.57 Å². The second kappa shape index (κ2) is 11.3. The summed E-state index contributed by atoms with van der Waals surface area (Å²) in [6.07, 6.45) is 0.865. The number of fused-ring (bicyclic) bond motifs is 8. The fraction of sp³-hybridized carbons (Fsp3) is 0.0435. The Kier molecular flexibility index (Phi) is 6.43. The Morgan fingerprint density at radius 3 is 1.92 bits per heavy atom. The van der Waals surface area contributed by atoms with E-state index in [0.717, 1.165) is 73.3 Å². The summed E-state index contributed by atoms with van der Waals surface area (Å²) in [4.78, 5) is 10.2. The second-order valence-electron chi connectivity index (χ2n) is 12.9. The maximum Gasteiger partial charge on any atom is 0.114 e. The summed E-state index contributed by atoms with van der Waals surface area (Å²) in [7, 11) is 0. The summed E-state index contributed by atoms with van der Waals surface area (Å²) in [5, 5.41) is 6.05. The molecule has 0 unspecified atom stereocenters. The average Bonchev–Trinajstić information content (AvgIpc) is 3.74. The summed E-state index contributed by atoms with van der Waals surface area (Å²) in [5.74, 6) is 1.07. The van der Waals surface area contributed by atoms with Crippen LogP contribution in [-0.4, -0.2) is 19.1 Å². The second-order valence-corrected chi connectivity index (χ2v) is 12.9. The van der Waals surface area contributed by atoms with E-state index in [1.54, 1.807) is 0 Å². The lowest BCUT2D eigenvalue weighted by molar-refractivity contribution is 0.908. The molecule has 236 valence electrons. The Morgan fingerprint density at radius 2 is 1.10 bits per heavy atom. The molecule has 4 nitrogen and oxygen atoms in total. The molecule has 7 aromatic carbocycles. The van der Waals surface area contributed by atoms with Gasteiger partial charge >= 0.3 is 0 Å². The first-order valence-electron chi connectivity index (χ1n) is 17.2. The van der Waals surface area contributed by atoms with Crippen LogP contribution in [0.25, 0.3) is 88.3 Å². The van der Waals surface area contributed by atoms with Gasteiger partial charge in [-0.1, -0.05) is 110 Å². The van der Waals surface area contributed by atoms with Crippen LogP contribution in [0.2, 0.25) is 0 Å². The fourth-order valence-electron chi connectivity index (χ4n) is 7.83. The lowest BCUT2D eigenvalue weighted by Gasteiger charge is -2.14. The summed E-state index contributed by atoms with van der Waals surface area (Å²) >= 11 is 0. The monoisotopic (exact) mass is 640 g/mol. The van der Waals surface area contributed by atoms with Gasteiger partial charge in [0.05, 0.1) is 33.3 Å². The molecule has 0 fully saturated rings. The minimum Gasteiger partial charge on any atom is -0.309 e. The molecule has 0 saturated heterocycles. The maximum absolute atomic E-state index is 5.34. The van der Waals surface area contributed by atoms with Crippen molar-refractivity contribution in [1.29, 1.82) is 0 Å². The Balaban J connectivity index is 1.16. The molecule has 10 aromatic rings. The minimum atomic E-state index is 0.865. The topological polar surface area (TPSA) is 35.6 Å². The van der Waals surface area contributed by atoms with Crippen molar-refractivity contribution >= 4 is 54.5 Å². The number of hydrogen-bond acceptors (Lipinski definition) is 2. The van der Waals surface area contributed by atoms with Crippen LogP contribution in [0.5, 0.6) is 0 Å². The molecular weight excluding hydrogens is 609 g/mol. The van der Waals surface area contributed by atoms with E-state index in [4.69, 9.17) is 9.97 Å². The van der Waals surface area contributed by atoms with E-state index < -0.39 is 0 Å². The SMILES string of the molecule is CCc1nc2ccccc2n1-c1ccc(-c2cccc(-c3nc4ccccc4c4c3ccc3c4c4ccccc4n3-c3ccccc3)c2)cc1. The van der Waals surface area contributed by atoms with Crippen LogP contribution in [0.3, 0.4) is 0 Å². The van der Waals surface area contributed by atoms with Crippen LogP contribution >= 0.6 is 0 Å². The van der Waals surface area contributed by atoms with E-state index in [0.29, 0.717) is 0 Å². The van der Waals surface area contributed by atoms with Crippen LogP contribution in [0.1, 0.15) is 12.7 Å². The third-order valence-electron chi connectivity index (χ3n) is 10.1. The molecule has 0 aliphatic rings. The highest BCUT2D eigenvalue weighted by atomic mass is 15.1. The van der Waals surface area contributed by atoms with Crippen LogP contribution in [0.15, 0.2) is 164 Å². The maximum atomic E-state index is 5.34. The van der Waals surface area contributed by atoms with Crippen molar-refractivity contribution < 1.29 is 0 Å². The molecule has 3 aromatic heterocycles. The molecule has 4 heteroatoms. The lowest BCUT2D eigenvalue weighted by atomic mass is 9.94. The van der Waals surface area contributed by atoms with Crippen LogP contribution < -0.4 is 0 Å². The van der Waals surface area contributed by atoms with Crippen molar-refractivity contribution in [3.63, 3.8) is 0 Å². The average molecular weight is 641 g/mol. The number of para-hydroxylation sites is 5. The van der Waals surface area contributed by atoms with E-state index in [9.17, 15) is 0 Å². The quantitative estimate of drug-likeness (QED) is 0.176. The molecule has 0 amide bonds. The molecule has 0 aliphatic carbocycles. The van der Waals surface area contributed by atoms with Crippen molar-refractivity contribution in [1.82, 2.24) is 19.1 Å². The highest BCUT2D eigenvalue weighted by Crippen LogP contribution is 2.42. The van der Waals surface area contributed by atoms with Gasteiger partial charge in [0, 0.05) is 50.3 Å². The Morgan fingerprint density at radius 1 is 0.420 bits per heavy atom. The van der Waals surface area contributed by atoms with Gasteiger partial charge in [-0.05, 0) is 71.8 Å². The minimum absolute atomic E-state index is 0.865. The number of pyridine rings is 1. The zero-order valence-corrected chi connectivity index (χ0v) is 27.6. The molecule has 50 heavy (non-hydrogen) atoms. The number of aromatic nitrogens is 4. The van der Waals surface area contributed by atoms with Crippen molar-refractivity contribution in [2.45, 2.75) is 13.3 Å². The van der Waals surface area contributed by atoms with Crippen molar-refractivity contribution in [3.8, 4) is 33.8 Å². The molecule has 0 aliphatic heterocycles. The number of aryl methyl sites for hydroxylation is 1. The number of hydrogen-bond donors (Lipinski definition) is 0. The predicted octanol–water partition coefficient (Wildman–Crippen LogP) is 11.7. The fourth-order valence-corrected chi connectivity index (χ4v) is 7.83. The molecule has 0 N–H and O–H groups in total. The predicted molar refractivity (Wildman–Crippen MR) is 208 cm³/mol. The van der Waals surface area contributed by atoms with Gasteiger partial charge in [-0.2, -0.15) is 0 Å². The van der Waals surface area contributed by atoms with Gasteiger partial charge in [0.25, 0.3) is 0 Å². The van der Waals surface area contributed by atoms with E-state index in [1.807, 2.05) is 0 Å². The number of imidazole rings is 1. The van der Waals surface area contributed by atoms with Gasteiger partial charge in [0.1, 0.15) is 5.82 Å². The Labute approximate surface area is 289 Å². The van der Waals surface area contributed by atoms with E-state index >= 15 is 0 Å². The normalized spacial score (nSPS) is 11.8. The number of rotatable bonds is 5. The van der Waals surface area contributed by atoms with Crippen molar-refractivity contribution in [3.05, 3.63) is 170 Å². The van der Waals surface area contributed by atoms with Gasteiger partial charge in [0.2, 0.25) is 0 Å². The van der Waals surface area contributed by atoms with E-state index in [2.05, 4.69) is 180 Å². The van der Waals surface area contributed by atoms with E-state index in [1.165, 1.54) is 27.2 Å². The molecular formula is C46H32N4. The number of benzene rings is 7. The molecule has 3 heterocycles. The van der Waals surface area contributed by atoms with Crippen molar-refractivity contribution in [2.75, 3.05) is 0 Å². The smallest absolute Gasteiger partial charge is 0.114 e. The largest absolute Gasteiger partial charge is 0.309 e. The summed E-state index contributed by atoms with van der Waals surface area (Å²) < 4.78 is 4.66. The molecule has 0 spiro atoms. The Bertz CT molecular complexity index is 2900. The number of nitrogens with zero attached hydrogens (tertiary/aromatic N) is 4. The van der Waals surface area contributed by atoms with Gasteiger partial charge in [0.15, 0.2) is 0 Å². The van der Waals surface area contributed by atoms with Crippen LogP contribution in [0.4, 0.5) is 0 Å². The van der Waals surface area contributed by atoms with Crippen LogP contribution in [-0.2, 0) is 6.42 Å². The standard InChI is InChI=1S/C46H32N4/c1-2-43-47-39-20-9-11-22-41(39)50(43)34-25-23-30(24-26-34)31-13-12-14-32(29-31)46-37-27-28-42-45(44(37)35-17-6-8-19-38(35)48-46)36-18-7-10-21-40(36)49(42)33-15-4-3-5-16-33/h3-29H,2H2,1H3. The third-order valence-corrected chi connectivity index (χ3v) is 10.1. The molecule has 0 atom stereocenters. The lowest BCUT2D eigenvalue weighted by Crippen LogP contribution is -1.99. The molecule has 0 saturated carbocycles. The summed E-state index contributed by atoms with van der Waals surface area (Å²) in [6, 6.07) is 58.6. The van der Waals surface area contributed by atoms with E-state index in [-0.39, 0.29) is 0 Å². The van der Waals surface area contributed by atoms with Gasteiger partial charge in [-0.15, -0.1) is 0 Å². The molecule has 0 bridgehead atoms. The first-order valence-corrected chi connectivity index (χ1v) is 17.2. The van der Waals surface area contributed by atoms with Gasteiger partial charge in [-0.3, -0.25) is 4.57 Å².